The second-order valence-corrected chi connectivity index (χ2v) is 15.8. The Labute approximate surface area is 253 Å². The maximum Gasteiger partial charge on any atom is 0.157 e. The van der Waals surface area contributed by atoms with Gasteiger partial charge in [0.15, 0.2) is 6.29 Å². The molecule has 1 aliphatic heterocycles. The van der Waals surface area contributed by atoms with Gasteiger partial charge in [-0.05, 0) is 40.5 Å². The summed E-state index contributed by atoms with van der Waals surface area (Å²) in [5.74, 6) is 0. The zero-order valence-corrected chi connectivity index (χ0v) is 26.3. The molecule has 0 amide bonds. The molecule has 0 bridgehead atoms. The molecule has 1 fully saturated rings. The first-order valence-electron chi connectivity index (χ1n) is 14.9. The predicted molar refractivity (Wildman–Crippen MR) is 182 cm³/mol. The molecule has 0 radical (unpaired) electrons. The number of hydrogen-bond donors (Lipinski definition) is 0. The lowest BCUT2D eigenvalue weighted by atomic mass is 9.82. The summed E-state index contributed by atoms with van der Waals surface area (Å²) in [6.07, 6.45) is 2.80. The van der Waals surface area contributed by atoms with Crippen molar-refractivity contribution >= 4 is 47.7 Å². The van der Waals surface area contributed by atoms with Crippen LogP contribution in [0.2, 0.25) is 0 Å². The number of rotatable bonds is 10. The van der Waals surface area contributed by atoms with E-state index >= 15 is 0 Å². The summed E-state index contributed by atoms with van der Waals surface area (Å²) < 4.78 is 11.9. The lowest BCUT2D eigenvalue weighted by Gasteiger charge is -2.32. The molecule has 42 heavy (non-hydrogen) atoms. The Morgan fingerprint density at radius 3 is 1.31 bits per heavy atom. The second-order valence-electron chi connectivity index (χ2n) is 11.5. The van der Waals surface area contributed by atoms with Crippen molar-refractivity contribution < 1.29 is 9.47 Å². The Morgan fingerprint density at radius 1 is 0.595 bits per heavy atom. The maximum atomic E-state index is 5.93. The first kappa shape index (κ1) is 29.1. The summed E-state index contributed by atoms with van der Waals surface area (Å²) in [4.78, 5) is 0. The van der Waals surface area contributed by atoms with Crippen molar-refractivity contribution in [2.45, 2.75) is 44.8 Å². The number of benzene rings is 4. The van der Waals surface area contributed by atoms with E-state index in [2.05, 4.69) is 147 Å². The van der Waals surface area contributed by atoms with Gasteiger partial charge >= 0.3 is 0 Å². The van der Waals surface area contributed by atoms with Crippen LogP contribution in [-0.2, 0) is 14.9 Å². The van der Waals surface area contributed by atoms with E-state index in [0.29, 0.717) is 0 Å². The summed E-state index contributed by atoms with van der Waals surface area (Å²) in [5, 5.41) is 8.47. The van der Waals surface area contributed by atoms with Crippen molar-refractivity contribution in [3.05, 3.63) is 139 Å². The summed E-state index contributed by atoms with van der Waals surface area (Å²) in [5.41, 5.74) is 1.38. The fraction of sp³-hybridized carbons (Fsp3) is 0.237. The molecule has 6 rings (SSSR count). The van der Waals surface area contributed by atoms with Crippen molar-refractivity contribution in [3.63, 3.8) is 0 Å². The molecule has 0 atom stereocenters. The fourth-order valence-corrected chi connectivity index (χ4v) is 11.0. The van der Waals surface area contributed by atoms with Gasteiger partial charge in [-0.15, -0.1) is 0 Å². The van der Waals surface area contributed by atoms with Gasteiger partial charge in [0.1, 0.15) is 0 Å². The molecule has 0 aliphatic carbocycles. The molecule has 2 nitrogen and oxygen atoms in total. The highest BCUT2D eigenvalue weighted by molar-refractivity contribution is 7.85. The minimum Gasteiger partial charge on any atom is -0.353 e. The van der Waals surface area contributed by atoms with Gasteiger partial charge in [-0.3, -0.25) is 0 Å². The normalized spacial score (nSPS) is 14.5. The van der Waals surface area contributed by atoms with E-state index in [1.54, 1.807) is 0 Å². The quantitative estimate of drug-likeness (QED) is 0.133. The van der Waals surface area contributed by atoms with Crippen molar-refractivity contribution in [2.75, 3.05) is 13.2 Å². The molecule has 1 saturated heterocycles. The lowest BCUT2D eigenvalue weighted by molar-refractivity contribution is -0.182. The standard InChI is InChI=1S/C38H39O2P2/c1-38(2,25-24-37-39-26-15-27-40-37)30-28-35(41(31-16-7-3-8-17-31)32-18-9-4-10-19-32)36(29-30)42(33-20-11-5-12-21-33)34-22-13-6-14-23-34/h3-14,16-23,28-29,37H,15,24-27H2,1-2H3/q-1. The molecular formula is C38H39O2P2-. The highest BCUT2D eigenvalue weighted by Crippen LogP contribution is 2.42. The first-order chi connectivity index (χ1) is 20.6. The van der Waals surface area contributed by atoms with Gasteiger partial charge in [-0.1, -0.05) is 156 Å². The van der Waals surface area contributed by atoms with Gasteiger partial charge in [0, 0.05) is 0 Å². The minimum absolute atomic E-state index is 0.0279. The molecule has 1 aliphatic rings. The molecule has 5 aromatic carbocycles. The van der Waals surface area contributed by atoms with E-state index in [-0.39, 0.29) is 11.7 Å². The van der Waals surface area contributed by atoms with E-state index in [0.717, 1.165) is 32.5 Å². The molecule has 4 heteroatoms. The molecule has 0 unspecified atom stereocenters. The molecular weight excluding hydrogens is 550 g/mol. The summed E-state index contributed by atoms with van der Waals surface area (Å²) >= 11 is 0. The van der Waals surface area contributed by atoms with Crippen LogP contribution >= 0.6 is 15.8 Å². The Morgan fingerprint density at radius 2 is 0.952 bits per heavy atom. The van der Waals surface area contributed by atoms with Crippen LogP contribution in [0, 0.1) is 0 Å². The highest BCUT2D eigenvalue weighted by Gasteiger charge is 2.26. The molecule has 5 aromatic rings. The van der Waals surface area contributed by atoms with Crippen LogP contribution < -0.4 is 31.8 Å². The smallest absolute Gasteiger partial charge is 0.157 e. The zero-order valence-electron chi connectivity index (χ0n) is 24.5. The lowest BCUT2D eigenvalue weighted by Crippen LogP contribution is -2.32. The molecule has 214 valence electrons. The van der Waals surface area contributed by atoms with Crippen LogP contribution in [0.4, 0.5) is 0 Å². The largest absolute Gasteiger partial charge is 0.353 e. The van der Waals surface area contributed by atoms with Gasteiger partial charge in [-0.2, -0.15) is 28.3 Å². The van der Waals surface area contributed by atoms with Crippen LogP contribution in [0.5, 0.6) is 0 Å². The zero-order chi connectivity index (χ0) is 28.8. The van der Waals surface area contributed by atoms with Crippen LogP contribution in [-0.4, -0.2) is 19.5 Å². The second kappa shape index (κ2) is 13.5. The molecule has 0 saturated carbocycles. The van der Waals surface area contributed by atoms with Crippen molar-refractivity contribution in [1.29, 1.82) is 0 Å². The van der Waals surface area contributed by atoms with Gasteiger partial charge in [0.25, 0.3) is 0 Å². The Kier molecular flexibility index (Phi) is 9.38. The van der Waals surface area contributed by atoms with Crippen molar-refractivity contribution in [3.8, 4) is 0 Å². The van der Waals surface area contributed by atoms with Crippen molar-refractivity contribution in [2.24, 2.45) is 0 Å². The average Bonchev–Trinajstić information content (AvgIpc) is 3.48. The first-order valence-corrected chi connectivity index (χ1v) is 17.6. The minimum atomic E-state index is -0.761. The van der Waals surface area contributed by atoms with Gasteiger partial charge in [0.2, 0.25) is 0 Å². The summed E-state index contributed by atoms with van der Waals surface area (Å²) in [6.45, 7) is 6.37. The highest BCUT2D eigenvalue weighted by atomic mass is 31.1. The predicted octanol–water partition coefficient (Wildman–Crippen LogP) is 6.74. The summed E-state index contributed by atoms with van der Waals surface area (Å²) in [7, 11) is -1.52. The molecule has 1 heterocycles. The topological polar surface area (TPSA) is 18.5 Å². The summed E-state index contributed by atoms with van der Waals surface area (Å²) in [6, 6.07) is 49.5. The monoisotopic (exact) mass is 589 g/mol. The third-order valence-corrected chi connectivity index (χ3v) is 13.2. The maximum absolute atomic E-state index is 5.93. The number of ether oxygens (including phenoxy) is 2. The Bertz CT molecular complexity index is 1350. The van der Waals surface area contributed by atoms with Gasteiger partial charge < -0.3 is 9.47 Å². The third-order valence-electron chi connectivity index (χ3n) is 8.07. The van der Waals surface area contributed by atoms with Gasteiger partial charge in [-0.25, -0.2) is 0 Å². The van der Waals surface area contributed by atoms with Crippen molar-refractivity contribution in [1.82, 2.24) is 0 Å². The fourth-order valence-electron chi connectivity index (χ4n) is 5.72. The van der Waals surface area contributed by atoms with Gasteiger partial charge in [0.05, 0.1) is 13.2 Å². The Balaban J connectivity index is 1.52. The van der Waals surface area contributed by atoms with E-state index < -0.39 is 15.8 Å². The Hall–Kier alpha value is -2.99. The van der Waals surface area contributed by atoms with Crippen LogP contribution in [0.15, 0.2) is 133 Å². The van der Waals surface area contributed by atoms with E-state index in [1.807, 2.05) is 0 Å². The molecule has 0 N–H and O–H groups in total. The van der Waals surface area contributed by atoms with Crippen LogP contribution in [0.1, 0.15) is 38.7 Å². The molecule has 0 spiro atoms. The third kappa shape index (κ3) is 6.64. The van der Waals surface area contributed by atoms with E-state index in [1.165, 1.54) is 37.4 Å². The molecule has 0 aromatic heterocycles. The van der Waals surface area contributed by atoms with E-state index in [4.69, 9.17) is 9.47 Å². The SMILES string of the molecule is CC(C)(CCC1OCCCO1)[c-]1cc(P(c2ccccc2)c2ccccc2)c(P(c2ccccc2)c2ccccc2)c1. The number of hydrogen-bond acceptors (Lipinski definition) is 2. The average molecular weight is 590 g/mol. The van der Waals surface area contributed by atoms with Crippen LogP contribution in [0.25, 0.3) is 0 Å². The van der Waals surface area contributed by atoms with E-state index in [9.17, 15) is 0 Å². The van der Waals surface area contributed by atoms with Crippen LogP contribution in [0.3, 0.4) is 0 Å².